The minimum atomic E-state index is 0.499. The summed E-state index contributed by atoms with van der Waals surface area (Å²) in [7, 11) is 0. The van der Waals surface area contributed by atoms with Crippen LogP contribution >= 0.6 is 11.6 Å². The van der Waals surface area contributed by atoms with Gasteiger partial charge in [-0.1, -0.05) is 69.7 Å². The fourth-order valence-electron chi connectivity index (χ4n) is 3.75. The maximum atomic E-state index is 6.03. The standard InChI is InChI=1S/C19H30ClN/c1-3-5-6-15-7-9-16(10-8-15)19(21-4-2)17-11-13-18(20)14-12-17/h11-16,19,21H,3-10H2,1-2H3. The first kappa shape index (κ1) is 16.8. The average molecular weight is 308 g/mol. The van der Waals surface area contributed by atoms with Crippen LogP contribution in [0.4, 0.5) is 0 Å². The smallest absolute Gasteiger partial charge is 0.0406 e. The van der Waals surface area contributed by atoms with Crippen molar-refractivity contribution in [3.63, 3.8) is 0 Å². The molecule has 0 bridgehead atoms. The summed E-state index contributed by atoms with van der Waals surface area (Å²) >= 11 is 6.03. The second-order valence-electron chi connectivity index (χ2n) is 6.51. The topological polar surface area (TPSA) is 12.0 Å². The molecule has 1 aliphatic rings. The Labute approximate surface area is 135 Å². The van der Waals surface area contributed by atoms with Crippen molar-refractivity contribution < 1.29 is 0 Å². The quantitative estimate of drug-likeness (QED) is 0.652. The third kappa shape index (κ3) is 5.00. The molecular weight excluding hydrogens is 278 g/mol. The molecule has 0 amide bonds. The largest absolute Gasteiger partial charge is 0.310 e. The first-order chi connectivity index (χ1) is 10.2. The van der Waals surface area contributed by atoms with E-state index < -0.39 is 0 Å². The molecule has 1 aromatic carbocycles. The zero-order chi connectivity index (χ0) is 15.1. The van der Waals surface area contributed by atoms with E-state index in [2.05, 4.69) is 31.3 Å². The van der Waals surface area contributed by atoms with Crippen molar-refractivity contribution in [3.05, 3.63) is 34.9 Å². The molecule has 1 nitrogen and oxygen atoms in total. The van der Waals surface area contributed by atoms with Gasteiger partial charge in [0, 0.05) is 11.1 Å². The van der Waals surface area contributed by atoms with E-state index in [1.807, 2.05) is 12.1 Å². The molecule has 2 heteroatoms. The Bertz CT molecular complexity index is 393. The van der Waals surface area contributed by atoms with E-state index in [0.717, 1.165) is 23.4 Å². The van der Waals surface area contributed by atoms with Gasteiger partial charge in [0.05, 0.1) is 0 Å². The minimum absolute atomic E-state index is 0.499. The molecular formula is C19H30ClN. The molecule has 118 valence electrons. The summed E-state index contributed by atoms with van der Waals surface area (Å²) in [5.74, 6) is 1.76. The predicted molar refractivity (Wildman–Crippen MR) is 92.8 cm³/mol. The van der Waals surface area contributed by atoms with Crippen molar-refractivity contribution in [1.29, 1.82) is 0 Å². The van der Waals surface area contributed by atoms with Crippen molar-refractivity contribution >= 4 is 11.6 Å². The Kier molecular flexibility index (Phi) is 7.06. The van der Waals surface area contributed by atoms with Gasteiger partial charge < -0.3 is 5.32 Å². The highest BCUT2D eigenvalue weighted by molar-refractivity contribution is 6.30. The Balaban J connectivity index is 1.95. The number of hydrogen-bond acceptors (Lipinski definition) is 1. The number of unbranched alkanes of at least 4 members (excludes halogenated alkanes) is 1. The molecule has 1 aliphatic carbocycles. The first-order valence-corrected chi connectivity index (χ1v) is 9.11. The molecule has 0 heterocycles. The Hall–Kier alpha value is -0.530. The van der Waals surface area contributed by atoms with Crippen LogP contribution < -0.4 is 5.32 Å². The molecule has 1 unspecified atom stereocenters. The number of halogens is 1. The monoisotopic (exact) mass is 307 g/mol. The van der Waals surface area contributed by atoms with Crippen molar-refractivity contribution in [2.75, 3.05) is 6.54 Å². The van der Waals surface area contributed by atoms with Crippen LogP contribution in [0.25, 0.3) is 0 Å². The van der Waals surface area contributed by atoms with Gasteiger partial charge in [-0.15, -0.1) is 0 Å². The molecule has 1 aromatic rings. The Morgan fingerprint density at radius 2 is 1.76 bits per heavy atom. The van der Waals surface area contributed by atoms with Crippen molar-refractivity contribution in [3.8, 4) is 0 Å². The van der Waals surface area contributed by atoms with Crippen LogP contribution in [-0.4, -0.2) is 6.54 Å². The second kappa shape index (κ2) is 8.80. The highest BCUT2D eigenvalue weighted by Gasteiger charge is 2.27. The van der Waals surface area contributed by atoms with Gasteiger partial charge in [0.25, 0.3) is 0 Å². The molecule has 0 aromatic heterocycles. The molecule has 0 saturated heterocycles. The van der Waals surface area contributed by atoms with Crippen molar-refractivity contribution in [2.45, 2.75) is 64.8 Å². The molecule has 1 N–H and O–H groups in total. The fourth-order valence-corrected chi connectivity index (χ4v) is 3.88. The summed E-state index contributed by atoms with van der Waals surface area (Å²) < 4.78 is 0. The number of benzene rings is 1. The van der Waals surface area contributed by atoms with Crippen LogP contribution in [0.2, 0.25) is 5.02 Å². The molecule has 2 rings (SSSR count). The lowest BCUT2D eigenvalue weighted by Gasteiger charge is -2.34. The lowest BCUT2D eigenvalue weighted by Crippen LogP contribution is -2.31. The van der Waals surface area contributed by atoms with Gasteiger partial charge in [0.15, 0.2) is 0 Å². The van der Waals surface area contributed by atoms with Gasteiger partial charge in [-0.05, 0) is 48.9 Å². The highest BCUT2D eigenvalue weighted by Crippen LogP contribution is 2.38. The van der Waals surface area contributed by atoms with Gasteiger partial charge in [-0.3, -0.25) is 0 Å². The van der Waals surface area contributed by atoms with Crippen LogP contribution in [0.5, 0.6) is 0 Å². The van der Waals surface area contributed by atoms with Gasteiger partial charge in [-0.25, -0.2) is 0 Å². The zero-order valence-electron chi connectivity index (χ0n) is 13.6. The second-order valence-corrected chi connectivity index (χ2v) is 6.95. The van der Waals surface area contributed by atoms with E-state index in [-0.39, 0.29) is 0 Å². The van der Waals surface area contributed by atoms with Crippen LogP contribution in [0, 0.1) is 11.8 Å². The molecule has 21 heavy (non-hydrogen) atoms. The van der Waals surface area contributed by atoms with Gasteiger partial charge in [-0.2, -0.15) is 0 Å². The number of hydrogen-bond donors (Lipinski definition) is 1. The van der Waals surface area contributed by atoms with E-state index in [9.17, 15) is 0 Å². The number of rotatable bonds is 7. The summed E-state index contributed by atoms with van der Waals surface area (Å²) in [5, 5.41) is 4.53. The van der Waals surface area contributed by atoms with Crippen molar-refractivity contribution in [2.24, 2.45) is 11.8 Å². The number of nitrogens with one attached hydrogen (secondary N) is 1. The molecule has 1 fully saturated rings. The van der Waals surface area contributed by atoms with Crippen molar-refractivity contribution in [1.82, 2.24) is 5.32 Å². The molecule has 0 spiro atoms. The maximum Gasteiger partial charge on any atom is 0.0406 e. The van der Waals surface area contributed by atoms with Gasteiger partial charge in [0.1, 0.15) is 0 Å². The molecule has 0 radical (unpaired) electrons. The zero-order valence-corrected chi connectivity index (χ0v) is 14.3. The third-order valence-electron chi connectivity index (χ3n) is 4.98. The van der Waals surface area contributed by atoms with Crippen LogP contribution in [0.3, 0.4) is 0 Å². The van der Waals surface area contributed by atoms with E-state index in [0.29, 0.717) is 6.04 Å². The molecule has 1 atom stereocenters. The highest BCUT2D eigenvalue weighted by atomic mass is 35.5. The average Bonchev–Trinajstić information content (AvgIpc) is 2.52. The SMILES string of the molecule is CCCCC1CCC(C(NCC)c2ccc(Cl)cc2)CC1. The normalized spacial score (nSPS) is 24.0. The fraction of sp³-hybridized carbons (Fsp3) is 0.684. The van der Waals surface area contributed by atoms with E-state index >= 15 is 0 Å². The summed E-state index contributed by atoms with van der Waals surface area (Å²) in [6, 6.07) is 8.93. The van der Waals surface area contributed by atoms with E-state index in [1.165, 1.54) is 50.5 Å². The lowest BCUT2D eigenvalue weighted by atomic mass is 9.75. The summed E-state index contributed by atoms with van der Waals surface area (Å²) in [6.07, 6.45) is 9.76. The summed E-state index contributed by atoms with van der Waals surface area (Å²) in [6.45, 7) is 5.53. The molecule has 0 aliphatic heterocycles. The first-order valence-electron chi connectivity index (χ1n) is 8.73. The minimum Gasteiger partial charge on any atom is -0.310 e. The lowest BCUT2D eigenvalue weighted by molar-refractivity contribution is 0.214. The predicted octanol–water partition coefficient (Wildman–Crippen LogP) is 5.99. The van der Waals surface area contributed by atoms with Crippen LogP contribution in [0.1, 0.15) is 70.4 Å². The maximum absolute atomic E-state index is 6.03. The molecule has 1 saturated carbocycles. The van der Waals surface area contributed by atoms with Crippen LogP contribution in [-0.2, 0) is 0 Å². The Morgan fingerprint density at radius 3 is 2.33 bits per heavy atom. The summed E-state index contributed by atoms with van der Waals surface area (Å²) in [4.78, 5) is 0. The van der Waals surface area contributed by atoms with Gasteiger partial charge >= 0.3 is 0 Å². The van der Waals surface area contributed by atoms with Gasteiger partial charge in [0.2, 0.25) is 0 Å². The Morgan fingerprint density at radius 1 is 1.10 bits per heavy atom. The summed E-state index contributed by atoms with van der Waals surface area (Å²) in [5.41, 5.74) is 1.40. The third-order valence-corrected chi connectivity index (χ3v) is 5.23. The van der Waals surface area contributed by atoms with E-state index in [4.69, 9.17) is 11.6 Å². The van der Waals surface area contributed by atoms with Crippen LogP contribution in [0.15, 0.2) is 24.3 Å². The van der Waals surface area contributed by atoms with E-state index in [1.54, 1.807) is 0 Å².